The Labute approximate surface area is 157 Å². The van der Waals surface area contributed by atoms with Crippen LogP contribution in [0.5, 0.6) is 0 Å². The zero-order valence-corrected chi connectivity index (χ0v) is 14.8. The van der Waals surface area contributed by atoms with Gasteiger partial charge in [-0.2, -0.15) is 5.26 Å². The van der Waals surface area contributed by atoms with Crippen LogP contribution >= 0.6 is 0 Å². The third-order valence-electron chi connectivity index (χ3n) is 5.25. The second-order valence-electron chi connectivity index (χ2n) is 6.95. The van der Waals surface area contributed by atoms with Crippen LogP contribution in [-0.4, -0.2) is 23.1 Å². The first-order chi connectivity index (χ1) is 13.2. The number of ether oxygens (including phenoxy) is 1. The summed E-state index contributed by atoms with van der Waals surface area (Å²) >= 11 is 0. The van der Waals surface area contributed by atoms with E-state index in [-0.39, 0.29) is 30.6 Å². The normalized spacial score (nSPS) is 20.7. The number of benzene rings is 2. The van der Waals surface area contributed by atoms with Crippen LogP contribution in [0.1, 0.15) is 36.0 Å². The first-order valence-corrected chi connectivity index (χ1v) is 9.05. The van der Waals surface area contributed by atoms with Crippen molar-refractivity contribution in [1.29, 1.82) is 5.26 Å². The minimum absolute atomic E-state index is 0.00316. The quantitative estimate of drug-likeness (QED) is 0.798. The maximum absolute atomic E-state index is 14.3. The van der Waals surface area contributed by atoms with Crippen molar-refractivity contribution in [3.8, 4) is 6.07 Å². The highest BCUT2D eigenvalue weighted by molar-refractivity contribution is 5.75. The largest absolute Gasteiger partial charge is 0.445 e. The van der Waals surface area contributed by atoms with Crippen molar-refractivity contribution in [1.82, 2.24) is 4.90 Å². The number of carbonyl (C=O) groups excluding carboxylic acids is 1. The number of nitriles is 1. The number of halogens is 1. The standard InChI is InChI=1S/C22H19FN2O2/c23-21-9-6-16(13-24)10-20(21)17-11-18-7-8-19(12-17)25(18)22(26)27-14-15-4-2-1-3-5-15/h1-6,9-11,18-19H,7-8,12,14H2. The Bertz CT molecular complexity index is 933. The van der Waals surface area contributed by atoms with Gasteiger partial charge >= 0.3 is 6.09 Å². The molecule has 1 saturated heterocycles. The second kappa shape index (κ2) is 7.24. The molecule has 1 amide bonds. The van der Waals surface area contributed by atoms with E-state index in [1.807, 2.05) is 36.4 Å². The molecule has 1 fully saturated rings. The summed E-state index contributed by atoms with van der Waals surface area (Å²) < 4.78 is 19.8. The molecule has 4 nitrogen and oxygen atoms in total. The molecule has 0 aliphatic carbocycles. The Morgan fingerprint density at radius 2 is 2.04 bits per heavy atom. The topological polar surface area (TPSA) is 53.3 Å². The Kier molecular flexibility index (Phi) is 4.64. The number of fused-ring (bicyclic) bond motifs is 2. The second-order valence-corrected chi connectivity index (χ2v) is 6.95. The van der Waals surface area contributed by atoms with Crippen molar-refractivity contribution in [2.75, 3.05) is 0 Å². The molecule has 2 bridgehead atoms. The van der Waals surface area contributed by atoms with Gasteiger partial charge in [0, 0.05) is 11.6 Å². The van der Waals surface area contributed by atoms with E-state index in [1.54, 1.807) is 11.0 Å². The third-order valence-corrected chi connectivity index (χ3v) is 5.25. The van der Waals surface area contributed by atoms with Crippen molar-refractivity contribution in [2.45, 2.75) is 38.0 Å². The Hall–Kier alpha value is -3.13. The van der Waals surface area contributed by atoms with E-state index >= 15 is 0 Å². The van der Waals surface area contributed by atoms with Crippen LogP contribution in [0.3, 0.4) is 0 Å². The van der Waals surface area contributed by atoms with Crippen molar-refractivity contribution < 1.29 is 13.9 Å². The van der Waals surface area contributed by atoms with Gasteiger partial charge in [0.2, 0.25) is 0 Å². The van der Waals surface area contributed by atoms with Gasteiger partial charge in [0.1, 0.15) is 12.4 Å². The van der Waals surface area contributed by atoms with Crippen LogP contribution in [0, 0.1) is 17.1 Å². The highest BCUT2D eigenvalue weighted by Crippen LogP contribution is 2.39. The summed E-state index contributed by atoms with van der Waals surface area (Å²) in [6.07, 6.45) is 3.90. The lowest BCUT2D eigenvalue weighted by atomic mass is 9.93. The van der Waals surface area contributed by atoms with Gasteiger partial charge < -0.3 is 4.74 Å². The van der Waals surface area contributed by atoms with Crippen LogP contribution in [-0.2, 0) is 11.3 Å². The van der Waals surface area contributed by atoms with Crippen molar-refractivity contribution in [3.05, 3.63) is 77.1 Å². The highest BCUT2D eigenvalue weighted by atomic mass is 19.1. The molecule has 2 heterocycles. The highest BCUT2D eigenvalue weighted by Gasteiger charge is 2.41. The molecule has 0 radical (unpaired) electrons. The number of nitrogens with zero attached hydrogens (tertiary/aromatic N) is 2. The lowest BCUT2D eigenvalue weighted by molar-refractivity contribution is 0.0832. The molecule has 2 aromatic carbocycles. The molecule has 5 heteroatoms. The zero-order chi connectivity index (χ0) is 18.8. The summed E-state index contributed by atoms with van der Waals surface area (Å²) in [6.45, 7) is 0.241. The van der Waals surface area contributed by atoms with E-state index in [1.165, 1.54) is 12.1 Å². The monoisotopic (exact) mass is 362 g/mol. The van der Waals surface area contributed by atoms with E-state index in [4.69, 9.17) is 10.00 Å². The molecule has 2 aliphatic heterocycles. The Balaban J connectivity index is 1.51. The number of amides is 1. The predicted molar refractivity (Wildman–Crippen MR) is 99.0 cm³/mol. The van der Waals surface area contributed by atoms with E-state index in [9.17, 15) is 9.18 Å². The molecule has 0 saturated carbocycles. The fourth-order valence-electron chi connectivity index (χ4n) is 3.95. The summed E-state index contributed by atoms with van der Waals surface area (Å²) in [5.41, 5.74) is 2.71. The van der Waals surface area contributed by atoms with Crippen molar-refractivity contribution in [2.24, 2.45) is 0 Å². The molecule has 2 unspecified atom stereocenters. The minimum atomic E-state index is -0.334. The van der Waals surface area contributed by atoms with E-state index in [0.29, 0.717) is 17.5 Å². The maximum atomic E-state index is 14.3. The van der Waals surface area contributed by atoms with Crippen LogP contribution in [0.15, 0.2) is 54.6 Å². The van der Waals surface area contributed by atoms with E-state index < -0.39 is 0 Å². The first kappa shape index (κ1) is 17.3. The van der Waals surface area contributed by atoms with Gasteiger partial charge in [-0.3, -0.25) is 4.90 Å². The van der Waals surface area contributed by atoms with Crippen LogP contribution in [0.25, 0.3) is 5.57 Å². The lowest BCUT2D eigenvalue weighted by Gasteiger charge is -2.33. The third kappa shape index (κ3) is 3.43. The molecular weight excluding hydrogens is 343 g/mol. The van der Waals surface area contributed by atoms with Gasteiger partial charge in [-0.15, -0.1) is 0 Å². The van der Waals surface area contributed by atoms with Crippen LogP contribution in [0.4, 0.5) is 9.18 Å². The van der Waals surface area contributed by atoms with Crippen LogP contribution < -0.4 is 0 Å². The molecule has 27 heavy (non-hydrogen) atoms. The smallest absolute Gasteiger partial charge is 0.410 e. The van der Waals surface area contributed by atoms with Gasteiger partial charge in [-0.1, -0.05) is 36.4 Å². The van der Waals surface area contributed by atoms with Crippen LogP contribution in [0.2, 0.25) is 0 Å². The average molecular weight is 362 g/mol. The SMILES string of the molecule is N#Cc1ccc(F)c(C2=CC3CCC(C2)N3C(=O)OCc2ccccc2)c1. The number of carbonyl (C=O) groups is 1. The molecule has 2 aliphatic rings. The number of hydrogen-bond donors (Lipinski definition) is 0. The molecule has 2 aromatic rings. The number of hydrogen-bond acceptors (Lipinski definition) is 3. The maximum Gasteiger partial charge on any atom is 0.410 e. The molecular formula is C22H19FN2O2. The first-order valence-electron chi connectivity index (χ1n) is 9.05. The molecule has 4 rings (SSSR count). The fourth-order valence-corrected chi connectivity index (χ4v) is 3.95. The molecule has 0 N–H and O–H groups in total. The Morgan fingerprint density at radius 1 is 1.22 bits per heavy atom. The van der Waals surface area contributed by atoms with Gasteiger partial charge in [-0.25, -0.2) is 9.18 Å². The van der Waals surface area contributed by atoms with Crippen molar-refractivity contribution in [3.63, 3.8) is 0 Å². The molecule has 136 valence electrons. The summed E-state index contributed by atoms with van der Waals surface area (Å²) in [7, 11) is 0. The van der Waals surface area contributed by atoms with Crippen molar-refractivity contribution >= 4 is 11.7 Å². The fraction of sp³-hybridized carbons (Fsp3) is 0.273. The zero-order valence-electron chi connectivity index (χ0n) is 14.8. The summed E-state index contributed by atoms with van der Waals surface area (Å²) in [5, 5.41) is 9.07. The van der Waals surface area contributed by atoms with Gasteiger partial charge in [0.05, 0.1) is 17.7 Å². The average Bonchev–Trinajstić information content (AvgIpc) is 2.97. The summed E-state index contributed by atoms with van der Waals surface area (Å²) in [6, 6.07) is 15.9. The lowest BCUT2D eigenvalue weighted by Crippen LogP contribution is -2.43. The summed E-state index contributed by atoms with van der Waals surface area (Å²) in [5.74, 6) is -0.334. The minimum Gasteiger partial charge on any atom is -0.445 e. The summed E-state index contributed by atoms with van der Waals surface area (Å²) in [4.78, 5) is 14.4. The van der Waals surface area contributed by atoms with Gasteiger partial charge in [-0.05, 0) is 48.6 Å². The molecule has 0 aromatic heterocycles. The van der Waals surface area contributed by atoms with Gasteiger partial charge in [0.25, 0.3) is 0 Å². The predicted octanol–water partition coefficient (Wildman–Crippen LogP) is 4.65. The van der Waals surface area contributed by atoms with E-state index in [2.05, 4.69) is 6.07 Å². The van der Waals surface area contributed by atoms with E-state index in [0.717, 1.165) is 24.0 Å². The Morgan fingerprint density at radius 3 is 2.78 bits per heavy atom. The molecule has 0 spiro atoms. The molecule has 2 atom stereocenters. The number of rotatable bonds is 3. The van der Waals surface area contributed by atoms with Gasteiger partial charge in [0.15, 0.2) is 0 Å².